The average molecular weight is 173 g/mol. The lowest BCUT2D eigenvalue weighted by atomic mass is 10.2. The summed E-state index contributed by atoms with van der Waals surface area (Å²) in [7, 11) is 0. The largest absolute Gasteiger partial charge is 0.432 e. The van der Waals surface area contributed by atoms with Crippen LogP contribution in [0.5, 0.6) is 0 Å². The second-order valence-electron chi connectivity index (χ2n) is 2.88. The van der Waals surface area contributed by atoms with E-state index >= 15 is 0 Å². The number of nitrogens with one attached hydrogen (secondary N) is 1. The Labute approximate surface area is 72.2 Å². The molecule has 4 nitrogen and oxygen atoms in total. The van der Waals surface area contributed by atoms with Crippen molar-refractivity contribution in [1.29, 1.82) is 0 Å². The summed E-state index contributed by atoms with van der Waals surface area (Å²) in [5.74, 6) is -1.01. The van der Waals surface area contributed by atoms with Gasteiger partial charge in [0, 0.05) is 19.9 Å². The van der Waals surface area contributed by atoms with E-state index in [-0.39, 0.29) is 5.97 Å². The summed E-state index contributed by atoms with van der Waals surface area (Å²) in [6.45, 7) is 5.35. The van der Waals surface area contributed by atoms with Crippen molar-refractivity contribution in [3.63, 3.8) is 0 Å². The minimum atomic E-state index is -0.718. The lowest BCUT2D eigenvalue weighted by molar-refractivity contribution is -0.238. The fourth-order valence-corrected chi connectivity index (χ4v) is 1.27. The highest BCUT2D eigenvalue weighted by Gasteiger charge is 2.34. The summed E-state index contributed by atoms with van der Waals surface area (Å²) >= 11 is 0. The fraction of sp³-hybridized carbons (Fsp3) is 0.875. The van der Waals surface area contributed by atoms with Crippen LogP contribution in [0.1, 0.15) is 20.3 Å². The first-order valence-corrected chi connectivity index (χ1v) is 4.23. The summed E-state index contributed by atoms with van der Waals surface area (Å²) in [6, 6.07) is 0. The standard InChI is InChI=1S/C8H15NO3/c1-3-8(12-7(2)10)6-9-4-5-11-8/h9H,3-6H2,1-2H3. The number of rotatable bonds is 2. The number of hydrogen-bond donors (Lipinski definition) is 1. The van der Waals surface area contributed by atoms with Crippen molar-refractivity contribution < 1.29 is 14.3 Å². The Morgan fingerprint density at radius 3 is 2.92 bits per heavy atom. The molecule has 1 atom stereocenters. The monoisotopic (exact) mass is 173 g/mol. The molecule has 0 aromatic heterocycles. The fourth-order valence-electron chi connectivity index (χ4n) is 1.27. The van der Waals surface area contributed by atoms with Gasteiger partial charge >= 0.3 is 5.97 Å². The van der Waals surface area contributed by atoms with Crippen LogP contribution < -0.4 is 5.32 Å². The molecule has 1 saturated heterocycles. The third kappa shape index (κ3) is 2.19. The molecule has 0 amide bonds. The van der Waals surface area contributed by atoms with Gasteiger partial charge in [-0.15, -0.1) is 0 Å². The van der Waals surface area contributed by atoms with E-state index in [2.05, 4.69) is 5.32 Å². The van der Waals surface area contributed by atoms with E-state index in [1.807, 2.05) is 6.92 Å². The molecule has 1 aliphatic heterocycles. The average Bonchev–Trinajstić information content (AvgIpc) is 2.05. The minimum Gasteiger partial charge on any atom is -0.432 e. The second kappa shape index (κ2) is 3.87. The summed E-state index contributed by atoms with van der Waals surface area (Å²) in [5.41, 5.74) is 0. The quantitative estimate of drug-likeness (QED) is 0.609. The van der Waals surface area contributed by atoms with Crippen LogP contribution >= 0.6 is 0 Å². The topological polar surface area (TPSA) is 47.6 Å². The van der Waals surface area contributed by atoms with Crippen molar-refractivity contribution in [2.24, 2.45) is 0 Å². The normalized spacial score (nSPS) is 29.8. The number of esters is 1. The SMILES string of the molecule is CCC1(OC(C)=O)CNCCO1. The number of hydrogen-bond acceptors (Lipinski definition) is 4. The number of ether oxygens (including phenoxy) is 2. The smallest absolute Gasteiger partial charge is 0.305 e. The zero-order valence-electron chi connectivity index (χ0n) is 7.55. The van der Waals surface area contributed by atoms with E-state index in [4.69, 9.17) is 9.47 Å². The van der Waals surface area contributed by atoms with Gasteiger partial charge in [0.25, 0.3) is 0 Å². The summed E-state index contributed by atoms with van der Waals surface area (Å²) in [5, 5.41) is 3.13. The first kappa shape index (κ1) is 9.48. The highest BCUT2D eigenvalue weighted by Crippen LogP contribution is 2.19. The summed E-state index contributed by atoms with van der Waals surface area (Å²) < 4.78 is 10.5. The molecule has 0 saturated carbocycles. The van der Waals surface area contributed by atoms with Gasteiger partial charge < -0.3 is 14.8 Å². The molecule has 0 aromatic carbocycles. The van der Waals surface area contributed by atoms with Gasteiger partial charge in [-0.05, 0) is 0 Å². The Hall–Kier alpha value is -0.610. The predicted octanol–water partition coefficient (Wildman–Crippen LogP) is 0.276. The van der Waals surface area contributed by atoms with Crippen LogP contribution in [-0.4, -0.2) is 31.5 Å². The minimum absolute atomic E-state index is 0.291. The maximum Gasteiger partial charge on any atom is 0.305 e. The van der Waals surface area contributed by atoms with Crippen LogP contribution in [0.4, 0.5) is 0 Å². The first-order valence-electron chi connectivity index (χ1n) is 4.23. The zero-order valence-corrected chi connectivity index (χ0v) is 7.55. The molecule has 12 heavy (non-hydrogen) atoms. The van der Waals surface area contributed by atoms with Crippen molar-refractivity contribution in [3.05, 3.63) is 0 Å². The molecule has 4 heteroatoms. The molecule has 1 aliphatic rings. The molecular weight excluding hydrogens is 158 g/mol. The van der Waals surface area contributed by atoms with E-state index in [1.54, 1.807) is 0 Å². The molecule has 1 rings (SSSR count). The van der Waals surface area contributed by atoms with Gasteiger partial charge in [0.15, 0.2) is 0 Å². The Bertz CT molecular complexity index is 164. The number of morpholine rings is 1. The number of carbonyl (C=O) groups is 1. The lowest BCUT2D eigenvalue weighted by Gasteiger charge is -2.35. The van der Waals surface area contributed by atoms with E-state index in [1.165, 1.54) is 6.92 Å². The molecule has 0 aromatic rings. The molecule has 0 bridgehead atoms. The molecule has 1 heterocycles. The van der Waals surface area contributed by atoms with Crippen molar-refractivity contribution in [2.75, 3.05) is 19.7 Å². The predicted molar refractivity (Wildman–Crippen MR) is 43.6 cm³/mol. The zero-order chi connectivity index (χ0) is 9.03. The Kier molecular flexibility index (Phi) is 3.05. The van der Waals surface area contributed by atoms with E-state index in [0.717, 1.165) is 6.54 Å². The van der Waals surface area contributed by atoms with E-state index in [9.17, 15) is 4.79 Å². The lowest BCUT2D eigenvalue weighted by Crippen LogP contribution is -2.51. The van der Waals surface area contributed by atoms with Gasteiger partial charge in [-0.3, -0.25) is 4.79 Å². The van der Waals surface area contributed by atoms with Crippen LogP contribution in [-0.2, 0) is 14.3 Å². The molecule has 0 spiro atoms. The summed E-state index contributed by atoms with van der Waals surface area (Å²) in [4.78, 5) is 10.7. The van der Waals surface area contributed by atoms with Gasteiger partial charge in [0.1, 0.15) is 0 Å². The maximum atomic E-state index is 10.7. The summed E-state index contributed by atoms with van der Waals surface area (Å²) in [6.07, 6.45) is 0.680. The Balaban J connectivity index is 2.53. The van der Waals surface area contributed by atoms with Gasteiger partial charge in [0.2, 0.25) is 5.79 Å². The molecule has 1 N–H and O–H groups in total. The highest BCUT2D eigenvalue weighted by atomic mass is 16.7. The molecule has 1 fully saturated rings. The first-order chi connectivity index (χ1) is 5.68. The molecule has 70 valence electrons. The van der Waals surface area contributed by atoms with Gasteiger partial charge in [0.05, 0.1) is 13.2 Å². The Morgan fingerprint density at radius 2 is 2.50 bits per heavy atom. The van der Waals surface area contributed by atoms with Crippen molar-refractivity contribution >= 4 is 5.97 Å². The molecular formula is C8H15NO3. The third-order valence-electron chi connectivity index (χ3n) is 1.91. The second-order valence-corrected chi connectivity index (χ2v) is 2.88. The Morgan fingerprint density at radius 1 is 1.75 bits per heavy atom. The van der Waals surface area contributed by atoms with Gasteiger partial charge in [-0.1, -0.05) is 6.92 Å². The number of carbonyl (C=O) groups excluding carboxylic acids is 1. The van der Waals surface area contributed by atoms with E-state index < -0.39 is 5.79 Å². The third-order valence-corrected chi connectivity index (χ3v) is 1.91. The van der Waals surface area contributed by atoms with Crippen LogP contribution in [0, 0.1) is 0 Å². The highest BCUT2D eigenvalue weighted by molar-refractivity contribution is 5.66. The maximum absolute atomic E-state index is 10.7. The van der Waals surface area contributed by atoms with E-state index in [0.29, 0.717) is 19.6 Å². The van der Waals surface area contributed by atoms with Crippen LogP contribution in [0.2, 0.25) is 0 Å². The van der Waals surface area contributed by atoms with Crippen molar-refractivity contribution in [3.8, 4) is 0 Å². The molecule has 0 radical (unpaired) electrons. The van der Waals surface area contributed by atoms with Crippen molar-refractivity contribution in [1.82, 2.24) is 5.32 Å². The van der Waals surface area contributed by atoms with Crippen LogP contribution in [0.15, 0.2) is 0 Å². The van der Waals surface area contributed by atoms with Crippen molar-refractivity contribution in [2.45, 2.75) is 26.1 Å². The van der Waals surface area contributed by atoms with Crippen LogP contribution in [0.25, 0.3) is 0 Å². The molecule has 0 aliphatic carbocycles. The van der Waals surface area contributed by atoms with Gasteiger partial charge in [-0.2, -0.15) is 0 Å². The van der Waals surface area contributed by atoms with Gasteiger partial charge in [-0.25, -0.2) is 0 Å². The molecule has 1 unspecified atom stereocenters. The van der Waals surface area contributed by atoms with Crippen LogP contribution in [0.3, 0.4) is 0 Å².